The minimum absolute atomic E-state index is 0.0700. The molecule has 6 nitrogen and oxygen atoms in total. The molecule has 4 aromatic rings. The molecule has 12 heteroatoms. The van der Waals surface area contributed by atoms with Crippen LogP contribution < -0.4 is 26.0 Å². The number of alkyl halides is 2. The van der Waals surface area contributed by atoms with E-state index < -0.39 is 41.0 Å². The van der Waals surface area contributed by atoms with Gasteiger partial charge in [-0.1, -0.05) is 7.92 Å². The molecule has 0 amide bonds. The molecule has 0 saturated carbocycles. The molecule has 43 heavy (non-hydrogen) atoms. The molecule has 1 fully saturated rings. The van der Waals surface area contributed by atoms with Crippen molar-refractivity contribution in [1.82, 2.24) is 9.55 Å². The van der Waals surface area contributed by atoms with E-state index in [1.165, 1.54) is 16.9 Å². The first-order valence-corrected chi connectivity index (χ1v) is 16.1. The number of pyridine rings is 2. The Bertz CT molecular complexity index is 1740. The second kappa shape index (κ2) is 12.1. The van der Waals surface area contributed by atoms with Gasteiger partial charge in [0.25, 0.3) is 12.0 Å². The Morgan fingerprint density at radius 2 is 1.58 bits per heavy atom. The maximum Gasteiger partial charge on any atom is 0.265 e. The number of nitrogens with zero attached hydrogens (tertiary/aromatic N) is 4. The van der Waals surface area contributed by atoms with E-state index in [4.69, 9.17) is 0 Å². The summed E-state index contributed by atoms with van der Waals surface area (Å²) in [5.74, 6) is -2.23. The summed E-state index contributed by atoms with van der Waals surface area (Å²) in [6.07, 6.45) is -1.13. The van der Waals surface area contributed by atoms with Gasteiger partial charge in [-0.05, 0) is 74.4 Å². The fourth-order valence-electron chi connectivity index (χ4n) is 5.74. The van der Waals surface area contributed by atoms with Crippen LogP contribution in [0.15, 0.2) is 47.4 Å². The molecule has 5 rings (SSSR count). The highest BCUT2D eigenvalue weighted by molar-refractivity contribution is 7.64. The van der Waals surface area contributed by atoms with Crippen molar-refractivity contribution in [3.05, 3.63) is 87.2 Å². The number of aromatic nitrogens is 2. The summed E-state index contributed by atoms with van der Waals surface area (Å²) < 4.78 is 73.4. The predicted octanol–water partition coefficient (Wildman–Crippen LogP) is 6.46. The highest BCUT2D eigenvalue weighted by Crippen LogP contribution is 2.36. The second-order valence-corrected chi connectivity index (χ2v) is 13.3. The molecule has 1 atom stereocenters. The average molecular weight is 618 g/mol. The Hall–Kier alpha value is -3.72. The van der Waals surface area contributed by atoms with Crippen molar-refractivity contribution in [1.29, 1.82) is 0 Å². The fraction of sp³-hybridized carbons (Fsp3) is 0.355. The van der Waals surface area contributed by atoms with Crippen LogP contribution in [0, 0.1) is 24.4 Å². The van der Waals surface area contributed by atoms with Crippen LogP contribution in [0.2, 0.25) is 0 Å². The summed E-state index contributed by atoms with van der Waals surface area (Å²) in [6.45, 7) is 9.87. The first-order chi connectivity index (χ1) is 20.4. The van der Waals surface area contributed by atoms with Crippen molar-refractivity contribution in [3.8, 4) is 0 Å². The van der Waals surface area contributed by atoms with Gasteiger partial charge in [0.15, 0.2) is 5.82 Å². The molecule has 0 radical (unpaired) electrons. The highest BCUT2D eigenvalue weighted by Gasteiger charge is 2.28. The van der Waals surface area contributed by atoms with Crippen molar-refractivity contribution < 1.29 is 22.0 Å². The normalized spacial score (nSPS) is 14.7. The number of hydrogen-bond acceptors (Lipinski definition) is 5. The van der Waals surface area contributed by atoms with Gasteiger partial charge in [-0.2, -0.15) is 0 Å². The number of aryl methyl sites for hydroxylation is 1. The number of rotatable bonds is 7. The summed E-state index contributed by atoms with van der Waals surface area (Å²) in [7, 11) is 1.12. The van der Waals surface area contributed by atoms with Crippen LogP contribution in [-0.4, -0.2) is 49.1 Å². The van der Waals surface area contributed by atoms with Crippen LogP contribution >= 0.6 is 7.92 Å². The zero-order valence-electron chi connectivity index (χ0n) is 24.6. The van der Waals surface area contributed by atoms with Gasteiger partial charge in [0.1, 0.15) is 17.5 Å². The molecular formula is C31H33F5N5OP. The van der Waals surface area contributed by atoms with Crippen LogP contribution in [0.3, 0.4) is 0 Å². The Morgan fingerprint density at radius 3 is 2.23 bits per heavy atom. The van der Waals surface area contributed by atoms with E-state index in [0.29, 0.717) is 32.2 Å². The van der Waals surface area contributed by atoms with Gasteiger partial charge < -0.3 is 15.1 Å². The van der Waals surface area contributed by atoms with E-state index in [2.05, 4.69) is 34.6 Å². The molecule has 0 bridgehead atoms. The largest absolute Gasteiger partial charge is 0.378 e. The molecule has 0 aliphatic carbocycles. The minimum Gasteiger partial charge on any atom is -0.378 e. The molecular weight excluding hydrogens is 584 g/mol. The van der Waals surface area contributed by atoms with Crippen molar-refractivity contribution in [2.24, 2.45) is 7.05 Å². The minimum atomic E-state index is -2.97. The lowest BCUT2D eigenvalue weighted by Gasteiger charge is -2.38. The smallest absolute Gasteiger partial charge is 0.265 e. The third-order valence-electron chi connectivity index (χ3n) is 7.96. The fourth-order valence-corrected chi connectivity index (χ4v) is 6.83. The summed E-state index contributed by atoms with van der Waals surface area (Å²) in [6, 6.07) is 6.23. The number of piperazine rings is 1. The molecule has 1 aliphatic rings. The molecule has 0 unspecified atom stereocenters. The predicted molar refractivity (Wildman–Crippen MR) is 164 cm³/mol. The van der Waals surface area contributed by atoms with E-state index in [-0.39, 0.29) is 35.8 Å². The van der Waals surface area contributed by atoms with E-state index in [0.717, 1.165) is 35.6 Å². The number of benzene rings is 2. The van der Waals surface area contributed by atoms with Crippen LogP contribution in [-0.2, 0) is 7.05 Å². The first kappa shape index (κ1) is 30.7. The molecule has 1 N–H and O–H groups in total. The van der Waals surface area contributed by atoms with Crippen LogP contribution in [0.1, 0.15) is 36.2 Å². The van der Waals surface area contributed by atoms with E-state index in [1.54, 1.807) is 11.8 Å². The Kier molecular flexibility index (Phi) is 8.65. The summed E-state index contributed by atoms with van der Waals surface area (Å²) >= 11 is 0. The van der Waals surface area contributed by atoms with Gasteiger partial charge in [-0.15, -0.1) is 0 Å². The third-order valence-corrected chi connectivity index (χ3v) is 9.38. The van der Waals surface area contributed by atoms with Gasteiger partial charge in [0.2, 0.25) is 0 Å². The number of fused-ring (bicyclic) bond motifs is 1. The van der Waals surface area contributed by atoms with Crippen LogP contribution in [0.25, 0.3) is 10.8 Å². The second-order valence-electron chi connectivity index (χ2n) is 11.0. The lowest BCUT2D eigenvalue weighted by molar-refractivity contribution is 0.151. The quantitative estimate of drug-likeness (QED) is 0.191. The topological polar surface area (TPSA) is 53.4 Å². The van der Waals surface area contributed by atoms with Gasteiger partial charge in [-0.25, -0.2) is 22.0 Å². The maximum absolute atomic E-state index is 16.5. The lowest BCUT2D eigenvalue weighted by atomic mass is 9.98. The van der Waals surface area contributed by atoms with Gasteiger partial charge in [0, 0.05) is 61.6 Å². The number of hydrogen-bond donors (Lipinski definition) is 1. The van der Waals surface area contributed by atoms with Crippen molar-refractivity contribution >= 4 is 41.2 Å². The molecule has 1 aliphatic heterocycles. The van der Waals surface area contributed by atoms with E-state index in [1.807, 2.05) is 13.1 Å². The zero-order chi connectivity index (χ0) is 31.2. The van der Waals surface area contributed by atoms with Gasteiger partial charge in [0.05, 0.1) is 17.3 Å². The average Bonchev–Trinajstić information content (AvgIpc) is 2.97. The maximum atomic E-state index is 16.5. The third kappa shape index (κ3) is 5.92. The van der Waals surface area contributed by atoms with Crippen LogP contribution in [0.4, 0.5) is 39.1 Å². The Morgan fingerprint density at radius 1 is 0.930 bits per heavy atom. The van der Waals surface area contributed by atoms with Crippen molar-refractivity contribution in [2.75, 3.05) is 54.6 Å². The molecule has 3 heterocycles. The number of anilines is 3. The molecule has 2 aromatic heterocycles. The number of nitrogens with one attached hydrogen (secondary N) is 1. The Labute approximate surface area is 247 Å². The SMILES string of the molecule is Cc1ncc(N2CCN(c3c(F)c4c([C@@H](C)Nc5ccc(F)cc5C(F)F)cc(F)cc4c(=O)n3C)CC2)cc1P(C)C. The van der Waals surface area contributed by atoms with Gasteiger partial charge in [-0.3, -0.25) is 14.3 Å². The summed E-state index contributed by atoms with van der Waals surface area (Å²) in [4.78, 5) is 22.0. The van der Waals surface area contributed by atoms with E-state index >= 15 is 4.39 Å². The highest BCUT2D eigenvalue weighted by atomic mass is 31.1. The van der Waals surface area contributed by atoms with E-state index in [9.17, 15) is 22.4 Å². The molecule has 228 valence electrons. The lowest BCUT2D eigenvalue weighted by Crippen LogP contribution is -2.48. The molecule has 1 saturated heterocycles. The number of halogens is 5. The molecule has 0 spiro atoms. The van der Waals surface area contributed by atoms with Gasteiger partial charge >= 0.3 is 0 Å². The molecule has 2 aromatic carbocycles. The van der Waals surface area contributed by atoms with Crippen molar-refractivity contribution in [2.45, 2.75) is 26.3 Å². The standard InChI is InChI=1S/C31H33F5N5OP/c1-17(38-25-7-6-19(32)12-23(25)29(35)36)22-13-20(33)14-24-27(22)28(34)30(39(3)31(24)42)41-10-8-40(9-11-41)21-15-26(43(4)5)18(2)37-16-21/h6-7,12-17,29,38H,8-11H2,1-5H3/t17-/m1/s1. The Balaban J connectivity index is 1.50. The summed E-state index contributed by atoms with van der Waals surface area (Å²) in [5, 5.41) is 3.82. The monoisotopic (exact) mass is 617 g/mol. The zero-order valence-corrected chi connectivity index (χ0v) is 25.5. The first-order valence-electron chi connectivity index (χ1n) is 13.9. The van der Waals surface area contributed by atoms with Crippen LogP contribution in [0.5, 0.6) is 0 Å². The summed E-state index contributed by atoms with van der Waals surface area (Å²) in [5.41, 5.74) is 0.854. The van der Waals surface area contributed by atoms with Crippen molar-refractivity contribution in [3.63, 3.8) is 0 Å².